The van der Waals surface area contributed by atoms with Crippen LogP contribution in [0.15, 0.2) is 4.99 Å². The van der Waals surface area contributed by atoms with Crippen LogP contribution < -0.4 is 22.3 Å². The lowest BCUT2D eigenvalue weighted by Gasteiger charge is -2.20. The summed E-state index contributed by atoms with van der Waals surface area (Å²) in [5.74, 6) is 5.39. The van der Waals surface area contributed by atoms with Crippen LogP contribution in [0.3, 0.4) is 0 Å². The van der Waals surface area contributed by atoms with Crippen molar-refractivity contribution in [2.45, 2.75) is 39.7 Å². The third-order valence-electron chi connectivity index (χ3n) is 2.18. The van der Waals surface area contributed by atoms with Crippen LogP contribution in [0.1, 0.15) is 33.6 Å². The molecule has 0 radical (unpaired) electrons. The highest BCUT2D eigenvalue weighted by molar-refractivity contribution is 5.88. The van der Waals surface area contributed by atoms with E-state index in [1.807, 2.05) is 13.8 Å². The number of rotatable bonds is 6. The quantitative estimate of drug-likeness (QED) is 0.165. The van der Waals surface area contributed by atoms with Gasteiger partial charge in [0.1, 0.15) is 6.04 Å². The number of unbranched alkanes of at least 4 members (excludes halogenated alkanes) is 1. The average molecular weight is 229 g/mol. The van der Waals surface area contributed by atoms with E-state index in [4.69, 9.17) is 11.6 Å². The Balaban J connectivity index is 4.37. The van der Waals surface area contributed by atoms with E-state index in [9.17, 15) is 4.79 Å². The van der Waals surface area contributed by atoms with Gasteiger partial charge in [-0.1, -0.05) is 27.2 Å². The minimum Gasteiger partial charge on any atom is -0.368 e. The van der Waals surface area contributed by atoms with Gasteiger partial charge in [0.2, 0.25) is 11.9 Å². The average Bonchev–Trinajstić information content (AvgIpc) is 2.22. The molecule has 16 heavy (non-hydrogen) atoms. The first-order chi connectivity index (χ1) is 7.52. The molecule has 0 saturated heterocycles. The van der Waals surface area contributed by atoms with Crippen LogP contribution in [0.5, 0.6) is 0 Å². The Morgan fingerprint density at radius 1 is 1.44 bits per heavy atom. The van der Waals surface area contributed by atoms with Gasteiger partial charge in [-0.3, -0.25) is 15.2 Å². The molecule has 6 heteroatoms. The van der Waals surface area contributed by atoms with Crippen LogP contribution in [0, 0.1) is 5.92 Å². The third-order valence-corrected chi connectivity index (χ3v) is 2.18. The van der Waals surface area contributed by atoms with E-state index in [2.05, 4.69) is 22.7 Å². The number of nitrogens with two attached hydrogens (primary N) is 2. The lowest BCUT2D eigenvalue weighted by molar-refractivity contribution is -0.120. The van der Waals surface area contributed by atoms with Crippen molar-refractivity contribution in [2.24, 2.45) is 22.5 Å². The molecule has 94 valence electrons. The normalized spacial score (nSPS) is 13.7. The number of guanidine groups is 1. The number of carbonyl (C=O) groups excluding carboxylic acids is 1. The van der Waals surface area contributed by atoms with Crippen LogP contribution >= 0.6 is 0 Å². The standard InChI is InChI=1S/C10H23N5O/c1-4-5-6-13-10(15-12)14-8(7(2)3)9(11)16/h7-8H,4-6,12H2,1-3H3,(H2,11,16)(H2,13,14,15). The molecule has 0 aromatic heterocycles. The van der Waals surface area contributed by atoms with Gasteiger partial charge in [0, 0.05) is 6.54 Å². The monoisotopic (exact) mass is 229 g/mol. The summed E-state index contributed by atoms with van der Waals surface area (Å²) in [6.45, 7) is 6.57. The van der Waals surface area contributed by atoms with E-state index in [1.54, 1.807) is 0 Å². The van der Waals surface area contributed by atoms with Crippen molar-refractivity contribution in [3.05, 3.63) is 0 Å². The van der Waals surface area contributed by atoms with Gasteiger partial charge in [-0.2, -0.15) is 0 Å². The van der Waals surface area contributed by atoms with Crippen LogP contribution in [0.2, 0.25) is 0 Å². The molecule has 6 N–H and O–H groups in total. The van der Waals surface area contributed by atoms with Crippen LogP contribution in [0.4, 0.5) is 0 Å². The highest BCUT2D eigenvalue weighted by Gasteiger charge is 2.20. The van der Waals surface area contributed by atoms with Gasteiger partial charge in [-0.05, 0) is 12.3 Å². The summed E-state index contributed by atoms with van der Waals surface area (Å²) in [6, 6.07) is -0.462. The zero-order valence-electron chi connectivity index (χ0n) is 10.3. The fraction of sp³-hybridized carbons (Fsp3) is 0.800. The highest BCUT2D eigenvalue weighted by Crippen LogP contribution is 2.00. The molecular weight excluding hydrogens is 206 g/mol. The summed E-state index contributed by atoms with van der Waals surface area (Å²) in [5, 5.41) is 2.90. The molecule has 0 rings (SSSR count). The fourth-order valence-corrected chi connectivity index (χ4v) is 1.20. The van der Waals surface area contributed by atoms with Crippen LogP contribution in [-0.4, -0.2) is 24.5 Å². The van der Waals surface area contributed by atoms with Crippen molar-refractivity contribution >= 4 is 11.9 Å². The van der Waals surface area contributed by atoms with Crippen LogP contribution in [0.25, 0.3) is 0 Å². The number of nitrogens with one attached hydrogen (secondary N) is 2. The van der Waals surface area contributed by atoms with Gasteiger partial charge < -0.3 is 11.1 Å². The molecule has 1 amide bonds. The molecule has 0 aliphatic carbocycles. The molecule has 0 bridgehead atoms. The Bertz CT molecular complexity index is 239. The van der Waals surface area contributed by atoms with E-state index >= 15 is 0 Å². The smallest absolute Gasteiger partial charge is 0.240 e. The first-order valence-electron chi connectivity index (χ1n) is 5.59. The SMILES string of the molecule is CCCCN=C(NN)NC(C(N)=O)C(C)C. The number of amides is 1. The largest absolute Gasteiger partial charge is 0.368 e. The predicted octanol–water partition coefficient (Wildman–Crippen LogP) is -0.295. The summed E-state index contributed by atoms with van der Waals surface area (Å²) in [4.78, 5) is 15.4. The Morgan fingerprint density at radius 2 is 2.06 bits per heavy atom. The van der Waals surface area contributed by atoms with Gasteiger partial charge in [0.05, 0.1) is 0 Å². The van der Waals surface area contributed by atoms with Gasteiger partial charge in [-0.25, -0.2) is 5.84 Å². The van der Waals surface area contributed by atoms with Gasteiger partial charge in [0.25, 0.3) is 0 Å². The van der Waals surface area contributed by atoms with Gasteiger partial charge >= 0.3 is 0 Å². The zero-order chi connectivity index (χ0) is 12.6. The lowest BCUT2D eigenvalue weighted by Crippen LogP contribution is -2.53. The predicted molar refractivity (Wildman–Crippen MR) is 65.5 cm³/mol. The van der Waals surface area contributed by atoms with E-state index in [0.717, 1.165) is 12.8 Å². The number of hydrogen-bond acceptors (Lipinski definition) is 3. The minimum atomic E-state index is -0.462. The maximum Gasteiger partial charge on any atom is 0.240 e. The second-order valence-corrected chi connectivity index (χ2v) is 4.00. The van der Waals surface area contributed by atoms with Crippen molar-refractivity contribution in [2.75, 3.05) is 6.54 Å². The lowest BCUT2D eigenvalue weighted by atomic mass is 10.0. The summed E-state index contributed by atoms with van der Waals surface area (Å²) in [7, 11) is 0. The van der Waals surface area contributed by atoms with E-state index < -0.39 is 11.9 Å². The summed E-state index contributed by atoms with van der Waals surface area (Å²) in [5.41, 5.74) is 7.70. The van der Waals surface area contributed by atoms with Crippen molar-refractivity contribution in [3.8, 4) is 0 Å². The van der Waals surface area contributed by atoms with E-state index in [-0.39, 0.29) is 5.92 Å². The van der Waals surface area contributed by atoms with E-state index in [1.165, 1.54) is 0 Å². The topological polar surface area (TPSA) is 106 Å². The molecule has 0 aliphatic heterocycles. The number of nitrogens with zero attached hydrogens (tertiary/aromatic N) is 1. The van der Waals surface area contributed by atoms with Crippen molar-refractivity contribution in [3.63, 3.8) is 0 Å². The second kappa shape index (κ2) is 7.92. The summed E-state index contributed by atoms with van der Waals surface area (Å²) >= 11 is 0. The molecule has 6 nitrogen and oxygen atoms in total. The van der Waals surface area contributed by atoms with Gasteiger partial charge in [-0.15, -0.1) is 0 Å². The molecule has 0 aromatic rings. The highest BCUT2D eigenvalue weighted by atomic mass is 16.1. The number of carbonyl (C=O) groups is 1. The Hall–Kier alpha value is -1.30. The molecule has 0 aromatic carbocycles. The minimum absolute atomic E-state index is 0.0854. The molecule has 0 aliphatic rings. The molecule has 1 unspecified atom stereocenters. The number of hydrazine groups is 1. The van der Waals surface area contributed by atoms with E-state index in [0.29, 0.717) is 12.5 Å². The van der Waals surface area contributed by atoms with Crippen molar-refractivity contribution in [1.29, 1.82) is 0 Å². The molecule has 0 fully saturated rings. The maximum absolute atomic E-state index is 11.2. The fourth-order valence-electron chi connectivity index (χ4n) is 1.20. The number of hydrogen-bond donors (Lipinski definition) is 4. The molecule has 0 saturated carbocycles. The molecule has 1 atom stereocenters. The third kappa shape index (κ3) is 5.55. The first-order valence-corrected chi connectivity index (χ1v) is 5.59. The van der Waals surface area contributed by atoms with Crippen LogP contribution in [-0.2, 0) is 4.79 Å². The second-order valence-electron chi connectivity index (χ2n) is 4.00. The first kappa shape index (κ1) is 14.7. The Kier molecular flexibility index (Phi) is 7.28. The number of aliphatic imine (C=N–C) groups is 1. The van der Waals surface area contributed by atoms with Crippen molar-refractivity contribution in [1.82, 2.24) is 10.7 Å². The molecule has 0 heterocycles. The summed E-state index contributed by atoms with van der Waals surface area (Å²) < 4.78 is 0. The van der Waals surface area contributed by atoms with Crippen molar-refractivity contribution < 1.29 is 4.79 Å². The zero-order valence-corrected chi connectivity index (χ0v) is 10.3. The molecular formula is C10H23N5O. The molecule has 0 spiro atoms. The summed E-state index contributed by atoms with van der Waals surface area (Å²) in [6.07, 6.45) is 2.04. The number of primary amides is 1. The Labute approximate surface area is 96.8 Å². The van der Waals surface area contributed by atoms with Gasteiger partial charge in [0.15, 0.2) is 0 Å². The Morgan fingerprint density at radius 3 is 2.44 bits per heavy atom. The maximum atomic E-state index is 11.2.